The van der Waals surface area contributed by atoms with Crippen molar-refractivity contribution in [3.05, 3.63) is 61.2 Å². The van der Waals surface area contributed by atoms with E-state index < -0.39 is 0 Å². The molecule has 4 nitrogen and oxygen atoms in total. The van der Waals surface area contributed by atoms with E-state index >= 15 is 0 Å². The molecule has 1 amide bonds. The molecule has 1 unspecified atom stereocenters. The molecule has 0 aromatic heterocycles. The van der Waals surface area contributed by atoms with Crippen molar-refractivity contribution in [2.75, 3.05) is 39.3 Å². The summed E-state index contributed by atoms with van der Waals surface area (Å²) in [5.41, 5.74) is 1.16. The summed E-state index contributed by atoms with van der Waals surface area (Å²) >= 11 is 0. The van der Waals surface area contributed by atoms with Gasteiger partial charge in [-0.2, -0.15) is 0 Å². The lowest BCUT2D eigenvalue weighted by Gasteiger charge is -2.34. The number of benzene rings is 1. The molecule has 2 rings (SSSR count). The number of carbonyl (C=O) groups is 1. The van der Waals surface area contributed by atoms with Crippen LogP contribution in [0.3, 0.4) is 0 Å². The molecule has 1 fully saturated rings. The summed E-state index contributed by atoms with van der Waals surface area (Å²) in [6, 6.07) is 10.2. The SMILES string of the molecule is C=CCN(CC=C)C(=O)CN1CCOC(c2ccccc2)C1. The fourth-order valence-electron chi connectivity index (χ4n) is 2.60. The van der Waals surface area contributed by atoms with E-state index in [1.807, 2.05) is 18.2 Å². The quantitative estimate of drug-likeness (QED) is 0.724. The van der Waals surface area contributed by atoms with Gasteiger partial charge in [0.25, 0.3) is 0 Å². The highest BCUT2D eigenvalue weighted by atomic mass is 16.5. The Labute approximate surface area is 132 Å². The molecule has 4 heteroatoms. The summed E-state index contributed by atoms with van der Waals surface area (Å²) in [4.78, 5) is 16.3. The van der Waals surface area contributed by atoms with Gasteiger partial charge in [-0.05, 0) is 5.56 Å². The standard InChI is InChI=1S/C18H24N2O2/c1-3-10-20(11-4-2)18(21)15-19-12-13-22-17(14-19)16-8-6-5-7-9-16/h3-9,17H,1-2,10-15H2. The zero-order valence-corrected chi connectivity index (χ0v) is 13.0. The molecule has 118 valence electrons. The van der Waals surface area contributed by atoms with E-state index in [-0.39, 0.29) is 12.0 Å². The molecule has 22 heavy (non-hydrogen) atoms. The summed E-state index contributed by atoms with van der Waals surface area (Å²) in [6.07, 6.45) is 3.52. The first kappa shape index (κ1) is 16.5. The van der Waals surface area contributed by atoms with Gasteiger partial charge in [0.1, 0.15) is 0 Å². The van der Waals surface area contributed by atoms with Crippen molar-refractivity contribution in [2.24, 2.45) is 0 Å². The van der Waals surface area contributed by atoms with Gasteiger partial charge in [0.05, 0.1) is 19.3 Å². The fraction of sp³-hybridized carbons (Fsp3) is 0.389. The molecular formula is C18H24N2O2. The normalized spacial score (nSPS) is 18.6. The molecule has 1 heterocycles. The lowest BCUT2D eigenvalue weighted by atomic mass is 10.1. The van der Waals surface area contributed by atoms with Crippen molar-refractivity contribution in [2.45, 2.75) is 6.10 Å². The van der Waals surface area contributed by atoms with E-state index in [1.54, 1.807) is 17.1 Å². The number of nitrogens with zero attached hydrogens (tertiary/aromatic N) is 2. The first-order valence-electron chi connectivity index (χ1n) is 7.63. The minimum Gasteiger partial charge on any atom is -0.371 e. The van der Waals surface area contributed by atoms with E-state index in [4.69, 9.17) is 4.74 Å². The first-order valence-corrected chi connectivity index (χ1v) is 7.63. The van der Waals surface area contributed by atoms with Gasteiger partial charge >= 0.3 is 0 Å². The van der Waals surface area contributed by atoms with E-state index in [0.29, 0.717) is 26.2 Å². The average Bonchev–Trinajstić information content (AvgIpc) is 2.56. The van der Waals surface area contributed by atoms with E-state index in [1.165, 1.54) is 0 Å². The number of carbonyl (C=O) groups excluding carboxylic acids is 1. The molecular weight excluding hydrogens is 276 g/mol. The maximum atomic E-state index is 12.4. The number of morpholine rings is 1. The maximum absolute atomic E-state index is 12.4. The van der Waals surface area contributed by atoms with Crippen LogP contribution < -0.4 is 0 Å². The van der Waals surface area contributed by atoms with Gasteiger partial charge in [0.2, 0.25) is 5.91 Å². The van der Waals surface area contributed by atoms with Gasteiger partial charge < -0.3 is 9.64 Å². The lowest BCUT2D eigenvalue weighted by molar-refractivity contribution is -0.133. The Morgan fingerprint density at radius 3 is 2.59 bits per heavy atom. The van der Waals surface area contributed by atoms with E-state index in [9.17, 15) is 4.79 Å². The second kappa shape index (κ2) is 8.51. The third kappa shape index (κ3) is 4.55. The topological polar surface area (TPSA) is 32.8 Å². The fourth-order valence-corrected chi connectivity index (χ4v) is 2.60. The Kier molecular flexibility index (Phi) is 6.37. The lowest BCUT2D eigenvalue weighted by Crippen LogP contribution is -2.45. The number of hydrogen-bond acceptors (Lipinski definition) is 3. The molecule has 1 aromatic rings. The highest BCUT2D eigenvalue weighted by molar-refractivity contribution is 5.78. The number of rotatable bonds is 7. The summed E-state index contributed by atoms with van der Waals surface area (Å²) in [5, 5.41) is 0. The van der Waals surface area contributed by atoms with Gasteiger partial charge in [0.15, 0.2) is 0 Å². The van der Waals surface area contributed by atoms with Crippen molar-refractivity contribution < 1.29 is 9.53 Å². The zero-order valence-electron chi connectivity index (χ0n) is 13.0. The predicted molar refractivity (Wildman–Crippen MR) is 88.5 cm³/mol. The van der Waals surface area contributed by atoms with Gasteiger partial charge in [0, 0.05) is 26.2 Å². The molecule has 1 saturated heterocycles. The van der Waals surface area contributed by atoms with Gasteiger partial charge in [-0.25, -0.2) is 0 Å². The van der Waals surface area contributed by atoms with Crippen molar-refractivity contribution >= 4 is 5.91 Å². The molecule has 0 N–H and O–H groups in total. The third-order valence-corrected chi connectivity index (χ3v) is 3.73. The summed E-state index contributed by atoms with van der Waals surface area (Å²) in [6.45, 7) is 11.1. The Morgan fingerprint density at radius 2 is 1.95 bits per heavy atom. The number of ether oxygens (including phenoxy) is 1. The van der Waals surface area contributed by atoms with Crippen LogP contribution in [0.15, 0.2) is 55.6 Å². The van der Waals surface area contributed by atoms with Crippen molar-refractivity contribution in [3.63, 3.8) is 0 Å². The van der Waals surface area contributed by atoms with Crippen LogP contribution in [-0.4, -0.2) is 55.0 Å². The second-order valence-corrected chi connectivity index (χ2v) is 5.38. The monoisotopic (exact) mass is 300 g/mol. The van der Waals surface area contributed by atoms with Crippen LogP contribution in [0.4, 0.5) is 0 Å². The van der Waals surface area contributed by atoms with Crippen LogP contribution >= 0.6 is 0 Å². The number of amides is 1. The van der Waals surface area contributed by atoms with Crippen LogP contribution in [0, 0.1) is 0 Å². The zero-order chi connectivity index (χ0) is 15.8. The van der Waals surface area contributed by atoms with Crippen molar-refractivity contribution in [3.8, 4) is 0 Å². The molecule has 1 aliphatic heterocycles. The average molecular weight is 300 g/mol. The third-order valence-electron chi connectivity index (χ3n) is 3.73. The predicted octanol–water partition coefficient (Wildman–Crippen LogP) is 2.26. The Bertz CT molecular complexity index is 491. The molecule has 0 saturated carbocycles. The Hall–Kier alpha value is -1.91. The van der Waals surface area contributed by atoms with Crippen LogP contribution in [0.5, 0.6) is 0 Å². The second-order valence-electron chi connectivity index (χ2n) is 5.38. The smallest absolute Gasteiger partial charge is 0.237 e. The Balaban J connectivity index is 1.93. The molecule has 0 aliphatic carbocycles. The largest absolute Gasteiger partial charge is 0.371 e. The van der Waals surface area contributed by atoms with Crippen LogP contribution in [0.25, 0.3) is 0 Å². The molecule has 0 radical (unpaired) electrons. The van der Waals surface area contributed by atoms with Gasteiger partial charge in [-0.15, -0.1) is 13.2 Å². The minimum absolute atomic E-state index is 0.0370. The highest BCUT2D eigenvalue weighted by Crippen LogP contribution is 2.21. The molecule has 0 spiro atoms. The summed E-state index contributed by atoms with van der Waals surface area (Å²) < 4.78 is 5.83. The minimum atomic E-state index is 0.0370. The van der Waals surface area contributed by atoms with Crippen molar-refractivity contribution in [1.29, 1.82) is 0 Å². The highest BCUT2D eigenvalue weighted by Gasteiger charge is 2.24. The molecule has 0 bridgehead atoms. The van der Waals surface area contributed by atoms with Crippen LogP contribution in [0.2, 0.25) is 0 Å². The van der Waals surface area contributed by atoms with Crippen LogP contribution in [-0.2, 0) is 9.53 Å². The van der Waals surface area contributed by atoms with Crippen LogP contribution in [0.1, 0.15) is 11.7 Å². The Morgan fingerprint density at radius 1 is 1.27 bits per heavy atom. The summed E-state index contributed by atoms with van der Waals surface area (Å²) in [7, 11) is 0. The molecule has 1 atom stereocenters. The number of hydrogen-bond donors (Lipinski definition) is 0. The maximum Gasteiger partial charge on any atom is 0.237 e. The molecule has 1 aromatic carbocycles. The first-order chi connectivity index (χ1) is 10.7. The van der Waals surface area contributed by atoms with Gasteiger partial charge in [-0.3, -0.25) is 9.69 Å². The molecule has 1 aliphatic rings. The van der Waals surface area contributed by atoms with E-state index in [0.717, 1.165) is 18.7 Å². The van der Waals surface area contributed by atoms with Gasteiger partial charge in [-0.1, -0.05) is 42.5 Å². The van der Waals surface area contributed by atoms with E-state index in [2.05, 4.69) is 30.2 Å². The van der Waals surface area contributed by atoms with Crippen molar-refractivity contribution in [1.82, 2.24) is 9.80 Å². The summed E-state index contributed by atoms with van der Waals surface area (Å²) in [5.74, 6) is 0.105.